The summed E-state index contributed by atoms with van der Waals surface area (Å²) < 4.78 is 26.7. The smallest absolute Gasteiger partial charge is 0.243 e. The first-order valence-electron chi connectivity index (χ1n) is 6.98. The number of nitrogens with zero attached hydrogens (tertiary/aromatic N) is 3. The quantitative estimate of drug-likeness (QED) is 0.862. The van der Waals surface area contributed by atoms with Crippen molar-refractivity contribution in [3.05, 3.63) is 53.8 Å². The van der Waals surface area contributed by atoms with Gasteiger partial charge in [0.1, 0.15) is 0 Å². The van der Waals surface area contributed by atoms with Crippen LogP contribution in [0.2, 0.25) is 5.02 Å². The second kappa shape index (κ2) is 6.24. The molecule has 5 nitrogen and oxygen atoms in total. The Labute approximate surface area is 135 Å². The van der Waals surface area contributed by atoms with Crippen molar-refractivity contribution in [2.45, 2.75) is 4.90 Å². The Balaban J connectivity index is 1.72. The maximum Gasteiger partial charge on any atom is 0.243 e. The number of halogens is 1. The normalized spacial score (nSPS) is 16.7. The molecule has 7 heteroatoms. The molecule has 3 rings (SSSR count). The number of pyridine rings is 1. The number of sulfonamides is 1. The standard InChI is InChI=1S/C15H16ClN3O2S/c16-13-1-3-15(4-2-13)22(20,21)19-11-9-18(10-12-19)14-5-7-17-8-6-14/h1-8H,9-12H2. The zero-order chi connectivity index (χ0) is 15.6. The van der Waals surface area contributed by atoms with Crippen LogP contribution in [0.1, 0.15) is 0 Å². The molecule has 2 heterocycles. The molecule has 22 heavy (non-hydrogen) atoms. The van der Waals surface area contributed by atoms with E-state index in [0.29, 0.717) is 31.2 Å². The van der Waals surface area contributed by atoms with Crippen LogP contribution in [-0.2, 0) is 10.0 Å². The van der Waals surface area contributed by atoms with Gasteiger partial charge in [-0.15, -0.1) is 0 Å². The zero-order valence-corrected chi connectivity index (χ0v) is 13.5. The number of aromatic nitrogens is 1. The molecule has 1 saturated heterocycles. The Morgan fingerprint density at radius 2 is 1.50 bits per heavy atom. The Bertz CT molecular complexity index is 727. The lowest BCUT2D eigenvalue weighted by molar-refractivity contribution is 0.385. The number of rotatable bonds is 3. The summed E-state index contributed by atoms with van der Waals surface area (Å²) in [5, 5.41) is 0.529. The zero-order valence-electron chi connectivity index (χ0n) is 11.9. The van der Waals surface area contributed by atoms with E-state index in [1.54, 1.807) is 36.7 Å². The first-order valence-corrected chi connectivity index (χ1v) is 8.80. The molecule has 0 radical (unpaired) electrons. The fraction of sp³-hybridized carbons (Fsp3) is 0.267. The van der Waals surface area contributed by atoms with Crippen molar-refractivity contribution < 1.29 is 8.42 Å². The van der Waals surface area contributed by atoms with E-state index in [1.807, 2.05) is 12.1 Å². The SMILES string of the molecule is O=S(=O)(c1ccc(Cl)cc1)N1CCN(c2ccncc2)CC1. The summed E-state index contributed by atoms with van der Waals surface area (Å²) in [6, 6.07) is 10.2. The van der Waals surface area contributed by atoms with Gasteiger partial charge in [-0.25, -0.2) is 8.42 Å². The van der Waals surface area contributed by atoms with Crippen LogP contribution in [0.3, 0.4) is 0 Å². The third kappa shape index (κ3) is 3.09. The molecule has 1 aromatic heterocycles. The van der Waals surface area contributed by atoms with Crippen molar-refractivity contribution in [1.29, 1.82) is 0 Å². The number of benzene rings is 1. The second-order valence-corrected chi connectivity index (χ2v) is 7.42. The summed E-state index contributed by atoms with van der Waals surface area (Å²) in [7, 11) is -3.45. The average Bonchev–Trinajstić information content (AvgIpc) is 2.56. The molecule has 0 aliphatic carbocycles. The van der Waals surface area contributed by atoms with Gasteiger partial charge in [-0.3, -0.25) is 4.98 Å². The van der Waals surface area contributed by atoms with Crippen LogP contribution in [-0.4, -0.2) is 43.9 Å². The summed E-state index contributed by atoms with van der Waals surface area (Å²) in [5.74, 6) is 0. The van der Waals surface area contributed by atoms with Crippen molar-refractivity contribution in [2.75, 3.05) is 31.1 Å². The van der Waals surface area contributed by atoms with E-state index in [1.165, 1.54) is 4.31 Å². The van der Waals surface area contributed by atoms with Crippen molar-refractivity contribution in [2.24, 2.45) is 0 Å². The van der Waals surface area contributed by atoms with Gasteiger partial charge in [0.05, 0.1) is 4.90 Å². The summed E-state index contributed by atoms with van der Waals surface area (Å²) >= 11 is 5.81. The van der Waals surface area contributed by atoms with Gasteiger partial charge in [0.25, 0.3) is 0 Å². The fourth-order valence-corrected chi connectivity index (χ4v) is 4.05. The molecule has 0 N–H and O–H groups in total. The van der Waals surface area contributed by atoms with Gasteiger partial charge in [-0.1, -0.05) is 11.6 Å². The van der Waals surface area contributed by atoms with Crippen LogP contribution in [0, 0.1) is 0 Å². The first-order chi connectivity index (χ1) is 10.6. The highest BCUT2D eigenvalue weighted by atomic mass is 35.5. The molecule has 1 aliphatic heterocycles. The van der Waals surface area contributed by atoms with Crippen LogP contribution in [0.25, 0.3) is 0 Å². The predicted octanol–water partition coefficient (Wildman–Crippen LogP) is 2.25. The van der Waals surface area contributed by atoms with Gasteiger partial charge in [0, 0.05) is 49.3 Å². The van der Waals surface area contributed by atoms with Gasteiger partial charge in [0.15, 0.2) is 0 Å². The lowest BCUT2D eigenvalue weighted by atomic mass is 10.3. The molecular weight excluding hydrogens is 322 g/mol. The third-order valence-electron chi connectivity index (χ3n) is 3.72. The van der Waals surface area contributed by atoms with Crippen molar-refractivity contribution in [3.8, 4) is 0 Å². The van der Waals surface area contributed by atoms with E-state index < -0.39 is 10.0 Å². The van der Waals surface area contributed by atoms with Crippen LogP contribution in [0.5, 0.6) is 0 Å². The van der Waals surface area contributed by atoms with Crippen LogP contribution >= 0.6 is 11.6 Å². The minimum absolute atomic E-state index is 0.286. The number of hydrogen-bond donors (Lipinski definition) is 0. The molecule has 2 aromatic rings. The van der Waals surface area contributed by atoms with E-state index in [-0.39, 0.29) is 4.90 Å². The van der Waals surface area contributed by atoms with Gasteiger partial charge >= 0.3 is 0 Å². The molecule has 0 unspecified atom stereocenters. The molecule has 1 aromatic carbocycles. The number of hydrogen-bond acceptors (Lipinski definition) is 4. The molecule has 0 bridgehead atoms. The minimum Gasteiger partial charge on any atom is -0.369 e. The lowest BCUT2D eigenvalue weighted by Crippen LogP contribution is -2.48. The Kier molecular flexibility index (Phi) is 4.33. The van der Waals surface area contributed by atoms with Crippen molar-refractivity contribution in [3.63, 3.8) is 0 Å². The van der Waals surface area contributed by atoms with E-state index in [4.69, 9.17) is 11.6 Å². The van der Waals surface area contributed by atoms with Crippen LogP contribution < -0.4 is 4.90 Å². The highest BCUT2D eigenvalue weighted by Crippen LogP contribution is 2.21. The maximum absolute atomic E-state index is 12.6. The van der Waals surface area contributed by atoms with Crippen LogP contribution in [0.4, 0.5) is 5.69 Å². The summed E-state index contributed by atoms with van der Waals surface area (Å²) in [5.41, 5.74) is 1.07. The van der Waals surface area contributed by atoms with Gasteiger partial charge < -0.3 is 4.90 Å². The van der Waals surface area contributed by atoms with E-state index in [9.17, 15) is 8.42 Å². The second-order valence-electron chi connectivity index (χ2n) is 5.05. The highest BCUT2D eigenvalue weighted by molar-refractivity contribution is 7.89. The van der Waals surface area contributed by atoms with Gasteiger partial charge in [-0.05, 0) is 36.4 Å². The Morgan fingerprint density at radius 3 is 2.09 bits per heavy atom. The molecule has 0 spiro atoms. The van der Waals surface area contributed by atoms with E-state index in [0.717, 1.165) is 5.69 Å². The molecular formula is C15H16ClN3O2S. The number of piperazine rings is 1. The Hall–Kier alpha value is -1.63. The summed E-state index contributed by atoms with van der Waals surface area (Å²) in [6.45, 7) is 2.26. The largest absolute Gasteiger partial charge is 0.369 e. The van der Waals surface area contributed by atoms with Gasteiger partial charge in [0.2, 0.25) is 10.0 Å². The molecule has 116 valence electrons. The molecule has 1 aliphatic rings. The monoisotopic (exact) mass is 337 g/mol. The van der Waals surface area contributed by atoms with Gasteiger partial charge in [-0.2, -0.15) is 4.31 Å². The summed E-state index contributed by atoms with van der Waals surface area (Å²) in [4.78, 5) is 6.45. The predicted molar refractivity (Wildman–Crippen MR) is 86.7 cm³/mol. The lowest BCUT2D eigenvalue weighted by Gasteiger charge is -2.35. The maximum atomic E-state index is 12.6. The molecule has 0 amide bonds. The molecule has 0 atom stereocenters. The molecule has 1 fully saturated rings. The first kappa shape index (κ1) is 15.3. The topological polar surface area (TPSA) is 53.5 Å². The third-order valence-corrected chi connectivity index (χ3v) is 5.88. The van der Waals surface area contributed by atoms with Crippen molar-refractivity contribution in [1.82, 2.24) is 9.29 Å². The summed E-state index contributed by atoms with van der Waals surface area (Å²) in [6.07, 6.45) is 3.48. The fourth-order valence-electron chi connectivity index (χ4n) is 2.50. The highest BCUT2D eigenvalue weighted by Gasteiger charge is 2.28. The average molecular weight is 338 g/mol. The van der Waals surface area contributed by atoms with E-state index in [2.05, 4.69) is 9.88 Å². The minimum atomic E-state index is -3.45. The Morgan fingerprint density at radius 1 is 0.909 bits per heavy atom. The van der Waals surface area contributed by atoms with Crippen LogP contribution in [0.15, 0.2) is 53.7 Å². The number of anilines is 1. The molecule has 0 saturated carbocycles. The van der Waals surface area contributed by atoms with E-state index >= 15 is 0 Å². The van der Waals surface area contributed by atoms with Crippen molar-refractivity contribution >= 4 is 27.3 Å².